The minimum atomic E-state index is -4.48. The second-order valence-electron chi connectivity index (χ2n) is 5.58. The molecule has 0 aliphatic carbocycles. The van der Waals surface area contributed by atoms with Crippen molar-refractivity contribution in [3.05, 3.63) is 78.9 Å². The maximum absolute atomic E-state index is 13.0. The van der Waals surface area contributed by atoms with E-state index in [1.165, 1.54) is 6.07 Å². The summed E-state index contributed by atoms with van der Waals surface area (Å²) >= 11 is 0. The lowest BCUT2D eigenvalue weighted by molar-refractivity contribution is -0.140. The molecular weight excluding hydrogens is 327 g/mol. The fourth-order valence-electron chi connectivity index (χ4n) is 2.71. The number of benzene rings is 2. The Balaban J connectivity index is 1.85. The number of rotatable bonds is 2. The third-order valence-electron chi connectivity index (χ3n) is 3.92. The lowest BCUT2D eigenvalue weighted by atomic mass is 10.1. The Hall–Kier alpha value is -3.15. The van der Waals surface area contributed by atoms with Crippen molar-refractivity contribution in [2.45, 2.75) is 6.18 Å². The molecule has 25 heavy (non-hydrogen) atoms. The van der Waals surface area contributed by atoms with Gasteiger partial charge in [-0.3, -0.25) is 0 Å². The van der Waals surface area contributed by atoms with Crippen LogP contribution in [0.25, 0.3) is 27.8 Å². The van der Waals surface area contributed by atoms with Gasteiger partial charge in [-0.2, -0.15) is 13.2 Å². The molecule has 4 aromatic rings. The molecule has 0 spiro atoms. The van der Waals surface area contributed by atoms with Crippen LogP contribution in [0.2, 0.25) is 0 Å². The van der Waals surface area contributed by atoms with E-state index >= 15 is 0 Å². The smallest absolute Gasteiger partial charge is 0.303 e. The zero-order valence-corrected chi connectivity index (χ0v) is 12.9. The maximum atomic E-state index is 13.0. The molecule has 0 aliphatic rings. The number of alkyl halides is 3. The predicted octanol–water partition coefficient (Wildman–Crippen LogP) is 5.11. The number of halogens is 3. The third-order valence-corrected chi connectivity index (χ3v) is 3.92. The molecule has 0 atom stereocenters. The molecule has 124 valence electrons. The van der Waals surface area contributed by atoms with E-state index in [0.717, 1.165) is 17.3 Å². The first-order valence-electron chi connectivity index (χ1n) is 7.59. The van der Waals surface area contributed by atoms with Gasteiger partial charge in [0.2, 0.25) is 0 Å². The summed E-state index contributed by atoms with van der Waals surface area (Å²) in [6, 6.07) is 17.3. The predicted molar refractivity (Wildman–Crippen MR) is 89.3 cm³/mol. The summed E-state index contributed by atoms with van der Waals surface area (Å²) < 4.78 is 40.7. The first-order chi connectivity index (χ1) is 12.0. The van der Waals surface area contributed by atoms with Crippen molar-refractivity contribution in [1.29, 1.82) is 0 Å². The van der Waals surface area contributed by atoms with Gasteiger partial charge in [-0.15, -0.1) is 0 Å². The SMILES string of the molecule is FC(F)(F)c1ccc2cccc(-n3cnc(-c4ccccc4)c3)c2n1. The van der Waals surface area contributed by atoms with Crippen LogP contribution in [-0.2, 0) is 6.18 Å². The lowest BCUT2D eigenvalue weighted by Crippen LogP contribution is -2.08. The molecule has 2 aromatic carbocycles. The van der Waals surface area contributed by atoms with Crippen LogP contribution in [0.1, 0.15) is 5.69 Å². The van der Waals surface area contributed by atoms with E-state index in [-0.39, 0.29) is 5.52 Å². The van der Waals surface area contributed by atoms with E-state index in [2.05, 4.69) is 9.97 Å². The van der Waals surface area contributed by atoms with Gasteiger partial charge in [0.1, 0.15) is 5.69 Å². The summed E-state index contributed by atoms with van der Waals surface area (Å²) in [5.41, 5.74) is 1.61. The van der Waals surface area contributed by atoms with Crippen LogP contribution in [0.5, 0.6) is 0 Å². The van der Waals surface area contributed by atoms with Gasteiger partial charge in [0, 0.05) is 17.1 Å². The van der Waals surface area contributed by atoms with E-state index in [1.54, 1.807) is 35.3 Å². The second kappa shape index (κ2) is 5.73. The average molecular weight is 339 g/mol. The largest absolute Gasteiger partial charge is 0.433 e. The van der Waals surface area contributed by atoms with Crippen LogP contribution in [0.4, 0.5) is 13.2 Å². The molecule has 4 rings (SSSR count). The highest BCUT2D eigenvalue weighted by Crippen LogP contribution is 2.31. The molecule has 0 saturated heterocycles. The molecule has 0 fully saturated rings. The fraction of sp³-hybridized carbons (Fsp3) is 0.0526. The summed E-state index contributed by atoms with van der Waals surface area (Å²) in [5.74, 6) is 0. The number of fused-ring (bicyclic) bond motifs is 1. The van der Waals surface area contributed by atoms with Crippen LogP contribution in [0.3, 0.4) is 0 Å². The molecule has 0 amide bonds. The minimum Gasteiger partial charge on any atom is -0.303 e. The highest BCUT2D eigenvalue weighted by molar-refractivity contribution is 5.86. The summed E-state index contributed by atoms with van der Waals surface area (Å²) in [6.07, 6.45) is -1.11. The van der Waals surface area contributed by atoms with Gasteiger partial charge < -0.3 is 4.57 Å². The summed E-state index contributed by atoms with van der Waals surface area (Å²) in [5, 5.41) is 0.639. The van der Waals surface area contributed by atoms with Gasteiger partial charge >= 0.3 is 6.18 Å². The fourth-order valence-corrected chi connectivity index (χ4v) is 2.71. The maximum Gasteiger partial charge on any atom is 0.433 e. The molecular formula is C19H12F3N3. The number of para-hydroxylation sites is 1. The first kappa shape index (κ1) is 15.4. The van der Waals surface area contributed by atoms with Gasteiger partial charge in [-0.05, 0) is 12.1 Å². The normalized spacial score (nSPS) is 11.8. The van der Waals surface area contributed by atoms with Crippen molar-refractivity contribution in [1.82, 2.24) is 14.5 Å². The zero-order chi connectivity index (χ0) is 17.4. The number of imidazole rings is 1. The summed E-state index contributed by atoms with van der Waals surface area (Å²) in [7, 11) is 0. The lowest BCUT2D eigenvalue weighted by Gasteiger charge is -2.10. The van der Waals surface area contributed by atoms with E-state index in [9.17, 15) is 13.2 Å². The highest BCUT2D eigenvalue weighted by atomic mass is 19.4. The summed E-state index contributed by atoms with van der Waals surface area (Å²) in [4.78, 5) is 8.18. The standard InChI is InChI=1S/C19H12F3N3/c20-19(21,22)17-10-9-14-7-4-8-16(18(14)24-17)25-11-15(23-12-25)13-5-2-1-3-6-13/h1-12H. The Morgan fingerprint density at radius 3 is 2.40 bits per heavy atom. The highest BCUT2D eigenvalue weighted by Gasteiger charge is 2.32. The molecule has 6 heteroatoms. The number of nitrogens with zero attached hydrogens (tertiary/aromatic N) is 3. The van der Waals surface area contributed by atoms with Crippen molar-refractivity contribution in [2.24, 2.45) is 0 Å². The Bertz CT molecular complexity index is 1040. The molecule has 0 aliphatic heterocycles. The van der Waals surface area contributed by atoms with Gasteiger partial charge in [0.25, 0.3) is 0 Å². The van der Waals surface area contributed by atoms with Crippen molar-refractivity contribution in [2.75, 3.05) is 0 Å². The van der Waals surface area contributed by atoms with Crippen molar-refractivity contribution < 1.29 is 13.2 Å². The van der Waals surface area contributed by atoms with Crippen LogP contribution in [0.15, 0.2) is 73.2 Å². The van der Waals surface area contributed by atoms with Crippen molar-refractivity contribution in [3.8, 4) is 16.9 Å². The topological polar surface area (TPSA) is 30.7 Å². The average Bonchev–Trinajstić information content (AvgIpc) is 3.10. The van der Waals surface area contributed by atoms with Crippen LogP contribution in [0, 0.1) is 0 Å². The molecule has 0 saturated carbocycles. The van der Waals surface area contributed by atoms with Crippen molar-refractivity contribution >= 4 is 10.9 Å². The van der Waals surface area contributed by atoms with Gasteiger partial charge in [-0.1, -0.05) is 48.5 Å². The number of pyridine rings is 1. The second-order valence-corrected chi connectivity index (χ2v) is 5.58. The van der Waals surface area contributed by atoms with Crippen LogP contribution in [-0.4, -0.2) is 14.5 Å². The minimum absolute atomic E-state index is 0.286. The Morgan fingerprint density at radius 1 is 0.840 bits per heavy atom. The quantitative estimate of drug-likeness (QED) is 0.508. The molecule has 2 heterocycles. The van der Waals surface area contributed by atoms with Gasteiger partial charge in [0.05, 0.1) is 23.2 Å². The molecule has 0 unspecified atom stereocenters. The van der Waals surface area contributed by atoms with Crippen LogP contribution >= 0.6 is 0 Å². The monoisotopic (exact) mass is 339 g/mol. The van der Waals surface area contributed by atoms with E-state index in [0.29, 0.717) is 11.1 Å². The van der Waals surface area contributed by atoms with E-state index < -0.39 is 11.9 Å². The molecule has 0 N–H and O–H groups in total. The third kappa shape index (κ3) is 2.87. The number of hydrogen-bond donors (Lipinski definition) is 0. The molecule has 0 radical (unpaired) electrons. The van der Waals surface area contributed by atoms with Crippen molar-refractivity contribution in [3.63, 3.8) is 0 Å². The number of hydrogen-bond acceptors (Lipinski definition) is 2. The zero-order valence-electron chi connectivity index (χ0n) is 12.9. The molecule has 3 nitrogen and oxygen atoms in total. The van der Waals surface area contributed by atoms with Gasteiger partial charge in [-0.25, -0.2) is 9.97 Å². The molecule has 0 bridgehead atoms. The summed E-state index contributed by atoms with van der Waals surface area (Å²) in [6.45, 7) is 0. The number of aromatic nitrogens is 3. The molecule has 2 aromatic heterocycles. The Morgan fingerprint density at radius 2 is 1.64 bits per heavy atom. The van der Waals surface area contributed by atoms with Crippen LogP contribution < -0.4 is 0 Å². The Kier molecular flexibility index (Phi) is 3.53. The Labute approximate surface area is 141 Å². The van der Waals surface area contributed by atoms with E-state index in [1.807, 2.05) is 30.3 Å². The first-order valence-corrected chi connectivity index (χ1v) is 7.59. The van der Waals surface area contributed by atoms with E-state index in [4.69, 9.17) is 0 Å². The van der Waals surface area contributed by atoms with Gasteiger partial charge in [0.15, 0.2) is 0 Å².